The number of carbonyl (C=O) groups is 2. The van der Waals surface area contributed by atoms with Crippen molar-refractivity contribution in [3.05, 3.63) is 82.6 Å². The highest BCUT2D eigenvalue weighted by Crippen LogP contribution is 2.46. The zero-order valence-corrected chi connectivity index (χ0v) is 23.3. The molecular formula is C30H29N5O4S. The molecule has 3 amide bonds. The number of carbonyl (C=O) groups excluding carboxylic acids is 2. The highest BCUT2D eigenvalue weighted by atomic mass is 32.1. The Morgan fingerprint density at radius 3 is 2.80 bits per heavy atom. The minimum atomic E-state index is -0.340. The van der Waals surface area contributed by atoms with Crippen LogP contribution in [0.2, 0.25) is 0 Å². The molecule has 2 aromatic carbocycles. The first-order valence-electron chi connectivity index (χ1n) is 13.0. The van der Waals surface area contributed by atoms with Gasteiger partial charge in [0.15, 0.2) is 0 Å². The Bertz CT molecular complexity index is 1660. The molecule has 0 saturated heterocycles. The van der Waals surface area contributed by atoms with Crippen LogP contribution in [0, 0.1) is 6.92 Å². The predicted molar refractivity (Wildman–Crippen MR) is 157 cm³/mol. The van der Waals surface area contributed by atoms with Gasteiger partial charge < -0.3 is 25.0 Å². The second-order valence-electron chi connectivity index (χ2n) is 9.91. The van der Waals surface area contributed by atoms with E-state index >= 15 is 0 Å². The van der Waals surface area contributed by atoms with E-state index in [4.69, 9.17) is 9.47 Å². The molecule has 0 saturated carbocycles. The van der Waals surface area contributed by atoms with Gasteiger partial charge in [-0.05, 0) is 67.3 Å². The van der Waals surface area contributed by atoms with Crippen LogP contribution in [0.4, 0.5) is 21.9 Å². The van der Waals surface area contributed by atoms with Gasteiger partial charge in [0.05, 0.1) is 29.1 Å². The molecule has 2 aliphatic rings. The molecule has 2 N–H and O–H groups in total. The summed E-state index contributed by atoms with van der Waals surface area (Å²) in [6.45, 7) is 3.40. The summed E-state index contributed by atoms with van der Waals surface area (Å²) < 4.78 is 11.3. The molecule has 0 unspecified atom stereocenters. The molecule has 10 heteroatoms. The van der Waals surface area contributed by atoms with E-state index in [1.807, 2.05) is 68.7 Å². The van der Waals surface area contributed by atoms with Crippen LogP contribution in [0.3, 0.4) is 0 Å². The van der Waals surface area contributed by atoms with E-state index in [2.05, 4.69) is 20.5 Å². The van der Waals surface area contributed by atoms with Crippen LogP contribution in [-0.2, 0) is 11.3 Å². The number of anilines is 3. The quantitative estimate of drug-likeness (QED) is 0.269. The van der Waals surface area contributed by atoms with Crippen molar-refractivity contribution in [1.29, 1.82) is 0 Å². The molecule has 0 fully saturated rings. The van der Waals surface area contributed by atoms with Crippen LogP contribution < -0.4 is 20.3 Å². The molecule has 0 spiro atoms. The van der Waals surface area contributed by atoms with Gasteiger partial charge in [0, 0.05) is 38.8 Å². The van der Waals surface area contributed by atoms with Crippen LogP contribution in [0.15, 0.2) is 66.6 Å². The molecule has 40 heavy (non-hydrogen) atoms. The van der Waals surface area contributed by atoms with Crippen LogP contribution >= 0.6 is 11.3 Å². The molecule has 9 nitrogen and oxygen atoms in total. The Labute approximate surface area is 236 Å². The van der Waals surface area contributed by atoms with Crippen molar-refractivity contribution in [1.82, 2.24) is 15.2 Å². The Morgan fingerprint density at radius 2 is 2.00 bits per heavy atom. The lowest BCUT2D eigenvalue weighted by Gasteiger charge is -2.29. The van der Waals surface area contributed by atoms with E-state index < -0.39 is 0 Å². The van der Waals surface area contributed by atoms with Gasteiger partial charge in [-0.2, -0.15) is 0 Å². The van der Waals surface area contributed by atoms with Crippen molar-refractivity contribution in [2.24, 2.45) is 0 Å². The van der Waals surface area contributed by atoms with Gasteiger partial charge in [0.1, 0.15) is 21.2 Å². The number of rotatable bonds is 7. The van der Waals surface area contributed by atoms with E-state index in [0.717, 1.165) is 41.6 Å². The number of aryl methyl sites for hydroxylation is 1. The summed E-state index contributed by atoms with van der Waals surface area (Å²) in [5, 5.41) is 6.75. The fourth-order valence-electron chi connectivity index (χ4n) is 5.14. The maximum absolute atomic E-state index is 13.5. The van der Waals surface area contributed by atoms with Crippen LogP contribution in [0.1, 0.15) is 33.6 Å². The standard InChI is InChI=1S/C30H29N5O4S/c1-18-14-22(39-21-8-4-6-19(15-21)17-38-3)9-10-23(18)35-24-11-12-31-29-25(24)26(33-30(35)37)27(40-29)28(36)32-20-7-5-13-34(2)16-20/h4,6,8-12,14-16H,5,7,13,17H2,1-3H3,(H,32,36)(H,33,37). The normalized spacial score (nSPS) is 14.7. The average Bonchev–Trinajstić information content (AvgIpc) is 3.30. The van der Waals surface area contributed by atoms with Crippen molar-refractivity contribution in [2.75, 3.05) is 30.9 Å². The number of amides is 3. The summed E-state index contributed by atoms with van der Waals surface area (Å²) in [4.78, 5) is 36.1. The number of benzene rings is 2. The summed E-state index contributed by atoms with van der Waals surface area (Å²) in [6.07, 6.45) is 5.40. The second kappa shape index (κ2) is 10.6. The lowest BCUT2D eigenvalue weighted by atomic mass is 10.1. The zero-order chi connectivity index (χ0) is 27.8. The number of aromatic nitrogens is 1. The van der Waals surface area contributed by atoms with Gasteiger partial charge in [0.2, 0.25) is 0 Å². The Kier molecular flexibility index (Phi) is 6.87. The zero-order valence-electron chi connectivity index (χ0n) is 22.5. The number of pyridine rings is 1. The van der Waals surface area contributed by atoms with Gasteiger partial charge in [-0.1, -0.05) is 12.1 Å². The summed E-state index contributed by atoms with van der Waals surface area (Å²) in [5.41, 5.74) is 4.63. The summed E-state index contributed by atoms with van der Waals surface area (Å²) in [7, 11) is 3.65. The number of ether oxygens (including phenoxy) is 2. The SMILES string of the molecule is COCc1cccc(Oc2ccc(N3C(=O)Nc4c(C(=O)NC5=CN(C)CCC5)sc5nccc3c45)c(C)c2)c1. The van der Waals surface area contributed by atoms with Crippen molar-refractivity contribution in [3.63, 3.8) is 0 Å². The number of urea groups is 1. The third kappa shape index (κ3) is 4.87. The molecule has 4 heterocycles. The van der Waals surface area contributed by atoms with Gasteiger partial charge in [0.25, 0.3) is 5.91 Å². The highest BCUT2D eigenvalue weighted by Gasteiger charge is 2.33. The first-order valence-corrected chi connectivity index (χ1v) is 13.8. The number of allylic oxidation sites excluding steroid dienone is 1. The first-order chi connectivity index (χ1) is 19.4. The number of methoxy groups -OCH3 is 1. The summed E-state index contributed by atoms with van der Waals surface area (Å²) in [5.74, 6) is 1.12. The summed E-state index contributed by atoms with van der Waals surface area (Å²) >= 11 is 1.28. The largest absolute Gasteiger partial charge is 0.457 e. The van der Waals surface area contributed by atoms with Gasteiger partial charge >= 0.3 is 6.03 Å². The molecule has 2 aromatic heterocycles. The van der Waals surface area contributed by atoms with E-state index in [9.17, 15) is 9.59 Å². The molecule has 0 aliphatic carbocycles. The molecule has 0 bridgehead atoms. The first kappa shape index (κ1) is 25.8. The third-order valence-corrected chi connectivity index (χ3v) is 8.01. The molecule has 2 aliphatic heterocycles. The number of hydrogen-bond acceptors (Lipinski definition) is 7. The maximum Gasteiger partial charge on any atom is 0.331 e. The average molecular weight is 556 g/mol. The number of nitrogens with zero attached hydrogens (tertiary/aromatic N) is 3. The van der Waals surface area contributed by atoms with E-state index in [1.54, 1.807) is 18.2 Å². The van der Waals surface area contributed by atoms with Gasteiger partial charge in [-0.15, -0.1) is 11.3 Å². The van der Waals surface area contributed by atoms with E-state index in [0.29, 0.717) is 44.9 Å². The second-order valence-corrected chi connectivity index (χ2v) is 10.9. The smallest absolute Gasteiger partial charge is 0.331 e. The summed E-state index contributed by atoms with van der Waals surface area (Å²) in [6, 6.07) is 14.8. The Hall–Kier alpha value is -4.41. The van der Waals surface area contributed by atoms with E-state index in [-0.39, 0.29) is 11.9 Å². The lowest BCUT2D eigenvalue weighted by Crippen LogP contribution is -2.35. The Balaban J connectivity index is 1.31. The maximum atomic E-state index is 13.5. The third-order valence-electron chi connectivity index (χ3n) is 6.91. The molecule has 4 aromatic rings. The van der Waals surface area contributed by atoms with Crippen molar-refractivity contribution in [2.45, 2.75) is 26.4 Å². The van der Waals surface area contributed by atoms with Crippen LogP contribution in [-0.4, -0.2) is 42.5 Å². The fourth-order valence-corrected chi connectivity index (χ4v) is 6.15. The monoisotopic (exact) mass is 555 g/mol. The highest BCUT2D eigenvalue weighted by molar-refractivity contribution is 7.21. The lowest BCUT2D eigenvalue weighted by molar-refractivity contribution is 0.0967. The number of hydrogen-bond donors (Lipinski definition) is 2. The van der Waals surface area contributed by atoms with Gasteiger partial charge in [-0.25, -0.2) is 9.78 Å². The molecule has 0 atom stereocenters. The fraction of sp³-hybridized carbons (Fsp3) is 0.233. The predicted octanol–water partition coefficient (Wildman–Crippen LogP) is 6.52. The number of nitrogens with one attached hydrogen (secondary N) is 2. The Morgan fingerprint density at radius 1 is 1.15 bits per heavy atom. The van der Waals surface area contributed by atoms with Crippen molar-refractivity contribution < 1.29 is 19.1 Å². The number of thiophene rings is 1. The molecule has 0 radical (unpaired) electrons. The van der Waals surface area contributed by atoms with E-state index in [1.165, 1.54) is 11.3 Å². The van der Waals surface area contributed by atoms with Crippen molar-refractivity contribution in [3.8, 4) is 11.5 Å². The van der Waals surface area contributed by atoms with Gasteiger partial charge in [-0.3, -0.25) is 9.69 Å². The molecule has 204 valence electrons. The minimum Gasteiger partial charge on any atom is -0.457 e. The van der Waals surface area contributed by atoms with Crippen LogP contribution in [0.25, 0.3) is 10.2 Å². The molecule has 6 rings (SSSR count). The topological polar surface area (TPSA) is 96.0 Å². The van der Waals surface area contributed by atoms with Crippen LogP contribution in [0.5, 0.6) is 11.5 Å². The van der Waals surface area contributed by atoms with Crippen molar-refractivity contribution >= 4 is 50.6 Å². The molecular weight excluding hydrogens is 526 g/mol. The minimum absolute atomic E-state index is 0.244.